The van der Waals surface area contributed by atoms with Gasteiger partial charge in [0.2, 0.25) is 0 Å². The van der Waals surface area contributed by atoms with Gasteiger partial charge in [0.15, 0.2) is 17.3 Å². The molecule has 0 spiro atoms. The molecule has 0 aliphatic heterocycles. The highest BCUT2D eigenvalue weighted by molar-refractivity contribution is 6.61. The summed E-state index contributed by atoms with van der Waals surface area (Å²) in [5.41, 5.74) is 24.9. The highest BCUT2D eigenvalue weighted by atomic mass is 16.5. The number of carbonyl (C=O) groups excluding carboxylic acids is 3. The number of ketones is 3. The summed E-state index contributed by atoms with van der Waals surface area (Å²) in [5.74, 6) is 8.78. The lowest BCUT2D eigenvalue weighted by molar-refractivity contribution is -0.109. The molecule has 5 heteroatoms. The maximum Gasteiger partial charge on any atom is 0.195 e. The molecule has 0 fully saturated rings. The number of allylic oxidation sites excluding steroid dienone is 12. The predicted molar refractivity (Wildman–Crippen MR) is 457 cm³/mol. The molecule has 0 heterocycles. The molecule has 0 saturated heterocycles. The Labute approximate surface area is 651 Å². The fraction of sp³-hybridized carbons (Fsp3) is 0. The average molecular weight is 1430 g/mol. The van der Waals surface area contributed by atoms with Crippen molar-refractivity contribution in [3.05, 3.63) is 490 Å². The molecule has 0 radical (unpaired) electrons. The van der Waals surface area contributed by atoms with Gasteiger partial charge in [0, 0.05) is 78.0 Å². The van der Waals surface area contributed by atoms with E-state index >= 15 is 14.4 Å². The van der Waals surface area contributed by atoms with Crippen LogP contribution in [0.5, 0.6) is 23.0 Å². The van der Waals surface area contributed by atoms with E-state index in [9.17, 15) is 0 Å². The molecule has 0 saturated carbocycles. The Bertz CT molecular complexity index is 6350. The van der Waals surface area contributed by atoms with Crippen LogP contribution in [0.4, 0.5) is 0 Å². The van der Waals surface area contributed by atoms with E-state index in [1.165, 1.54) is 0 Å². The number of rotatable bonds is 18. The zero-order valence-electron chi connectivity index (χ0n) is 60.8. The third-order valence-electron chi connectivity index (χ3n) is 20.8. The van der Waals surface area contributed by atoms with Crippen LogP contribution in [-0.4, -0.2) is 17.3 Å². The lowest BCUT2D eigenvalue weighted by atomic mass is 9.89. The van der Waals surface area contributed by atoms with Crippen molar-refractivity contribution in [1.82, 2.24) is 0 Å². The Balaban J connectivity index is 0.675. The van der Waals surface area contributed by atoms with Gasteiger partial charge >= 0.3 is 0 Å². The van der Waals surface area contributed by atoms with Gasteiger partial charge in [0.25, 0.3) is 0 Å². The van der Waals surface area contributed by atoms with Crippen molar-refractivity contribution in [2.24, 2.45) is 0 Å². The second kappa shape index (κ2) is 30.6. The van der Waals surface area contributed by atoms with Crippen LogP contribution in [0.3, 0.4) is 0 Å². The third-order valence-corrected chi connectivity index (χ3v) is 20.8. The van der Waals surface area contributed by atoms with Crippen LogP contribution in [0.25, 0.3) is 89.1 Å². The summed E-state index contributed by atoms with van der Waals surface area (Å²) < 4.78 is 13.5. The molecule has 5 nitrogen and oxygen atoms in total. The van der Waals surface area contributed by atoms with Crippen LogP contribution < -0.4 is 9.47 Å². The molecule has 15 aromatic carbocycles. The SMILES string of the molecule is O=C1C(c2ccc(C#Cc3ccccc3)cc2)=C(c2ccccc2)C(c2ccc(Oc3ccc(C4=C(c5ccccc5)C(=O)C(c5ccc(-c6ccccc6)cc5)=C4c4ccc(Oc5ccc(C6=C(c7ccccc7)C(=O)C(c7ccc(-c8ccccc8)cc7)=C6c6ccccc6)cc5)cc4)cc3)cc2)=C1c1ccccc1. The maximum absolute atomic E-state index is 15.8. The number of benzene rings is 15. The van der Waals surface area contributed by atoms with Gasteiger partial charge in [-0.25, -0.2) is 0 Å². The van der Waals surface area contributed by atoms with Gasteiger partial charge in [0.05, 0.1) is 0 Å². The second-order valence-corrected chi connectivity index (χ2v) is 27.7. The number of ether oxygens (including phenoxy) is 2. The summed E-state index contributed by atoms with van der Waals surface area (Å²) in [7, 11) is 0. The molecule has 18 rings (SSSR count). The minimum Gasteiger partial charge on any atom is -0.457 e. The first-order chi connectivity index (χ1) is 55.3. The number of carbonyl (C=O) groups is 3. The topological polar surface area (TPSA) is 69.7 Å². The monoisotopic (exact) mass is 1430 g/mol. The van der Waals surface area contributed by atoms with Crippen molar-refractivity contribution in [3.8, 4) is 57.1 Å². The zero-order chi connectivity index (χ0) is 75.3. The molecular formula is C107H68O5. The standard InChI is InChI=1S/C107H68O5/c108-105-99(79-35-19-6-20-36-79)95(93(77-31-15-4-16-32-77)102(105)86-45-43-72(44-46-86)42-41-71-25-9-1-10-26-71)82-55-63-89(64-56-82)111-91-67-59-84(60-68-91)97-98(104(107(110)101(97)81-39-23-8-24-40-81)88-53-49-76(50-54-88)74-29-13-3-14-30-74)85-61-69-92(70-62-85)112-90-65-57-83(58-66-90)96-94(78-33-17-5-18-34-78)103(106(109)100(96)80-37-21-7-22-38-80)87-51-47-75(48-52-87)73-27-11-2-12-28-73/h1-40,43-70H. The van der Waals surface area contributed by atoms with E-state index in [2.05, 4.69) is 109 Å². The lowest BCUT2D eigenvalue weighted by Crippen LogP contribution is -2.02. The van der Waals surface area contributed by atoms with Crippen molar-refractivity contribution in [2.45, 2.75) is 0 Å². The number of hydrogen-bond acceptors (Lipinski definition) is 5. The van der Waals surface area contributed by atoms with Crippen molar-refractivity contribution in [1.29, 1.82) is 0 Å². The zero-order valence-corrected chi connectivity index (χ0v) is 60.8. The highest BCUT2D eigenvalue weighted by Crippen LogP contribution is 2.54. The Hall–Kier alpha value is -15.1. The van der Waals surface area contributed by atoms with Crippen molar-refractivity contribution in [3.63, 3.8) is 0 Å². The largest absolute Gasteiger partial charge is 0.457 e. The Kier molecular flexibility index (Phi) is 18.8. The summed E-state index contributed by atoms with van der Waals surface area (Å²) in [6, 6.07) is 137. The summed E-state index contributed by atoms with van der Waals surface area (Å²) >= 11 is 0. The molecule has 0 amide bonds. The molecular weight excluding hydrogens is 1370 g/mol. The van der Waals surface area contributed by atoms with Crippen LogP contribution in [0.1, 0.15) is 77.9 Å². The van der Waals surface area contributed by atoms with Crippen molar-refractivity contribution < 1.29 is 23.9 Å². The maximum atomic E-state index is 15.8. The van der Waals surface area contributed by atoms with E-state index in [4.69, 9.17) is 9.47 Å². The molecule has 15 aromatic rings. The summed E-state index contributed by atoms with van der Waals surface area (Å²) in [5, 5.41) is 0. The third kappa shape index (κ3) is 13.6. The normalized spacial score (nSPS) is 13.5. The Morgan fingerprint density at radius 3 is 0.509 bits per heavy atom. The quantitative estimate of drug-likeness (QED) is 0.0801. The van der Waals surface area contributed by atoms with Gasteiger partial charge in [-0.2, -0.15) is 0 Å². The summed E-state index contributed by atoms with van der Waals surface area (Å²) in [6.07, 6.45) is 0. The van der Waals surface area contributed by atoms with Crippen molar-refractivity contribution in [2.75, 3.05) is 0 Å². The van der Waals surface area contributed by atoms with Crippen LogP contribution >= 0.6 is 0 Å². The molecule has 0 atom stereocenters. The molecule has 3 aliphatic rings. The van der Waals surface area contributed by atoms with Crippen LogP contribution in [0.15, 0.2) is 413 Å². The smallest absolute Gasteiger partial charge is 0.195 e. The van der Waals surface area contributed by atoms with Gasteiger partial charge < -0.3 is 9.47 Å². The van der Waals surface area contributed by atoms with Crippen LogP contribution in [0.2, 0.25) is 0 Å². The van der Waals surface area contributed by atoms with Gasteiger partial charge in [0.1, 0.15) is 23.0 Å². The Morgan fingerprint density at radius 1 is 0.134 bits per heavy atom. The molecule has 0 N–H and O–H groups in total. The van der Waals surface area contributed by atoms with E-state index < -0.39 is 0 Å². The molecule has 0 unspecified atom stereocenters. The fourth-order valence-corrected chi connectivity index (χ4v) is 15.6. The molecule has 0 bridgehead atoms. The van der Waals surface area contributed by atoms with Crippen LogP contribution in [0, 0.1) is 11.8 Å². The fourth-order valence-electron chi connectivity index (χ4n) is 15.6. The molecule has 0 aromatic heterocycles. The van der Waals surface area contributed by atoms with E-state index in [1.807, 2.05) is 315 Å². The first-order valence-corrected chi connectivity index (χ1v) is 37.5. The first-order valence-electron chi connectivity index (χ1n) is 37.5. The molecule has 112 heavy (non-hydrogen) atoms. The minimum absolute atomic E-state index is 0.0367. The average Bonchev–Trinajstić information content (AvgIpc) is 1.60. The van der Waals surface area contributed by atoms with Gasteiger partial charge in [-0.1, -0.05) is 352 Å². The Morgan fingerprint density at radius 2 is 0.277 bits per heavy atom. The van der Waals surface area contributed by atoms with Gasteiger partial charge in [-0.05, 0) is 162 Å². The van der Waals surface area contributed by atoms with E-state index in [1.54, 1.807) is 0 Å². The number of hydrogen-bond donors (Lipinski definition) is 0. The van der Waals surface area contributed by atoms with Gasteiger partial charge in [-0.15, -0.1) is 0 Å². The summed E-state index contributed by atoms with van der Waals surface area (Å²) in [4.78, 5) is 46.5. The first kappa shape index (κ1) is 68.7. The summed E-state index contributed by atoms with van der Waals surface area (Å²) in [6.45, 7) is 0. The van der Waals surface area contributed by atoms with E-state index in [-0.39, 0.29) is 17.3 Å². The predicted octanol–water partition coefficient (Wildman–Crippen LogP) is 25.3. The van der Waals surface area contributed by atoms with E-state index in [0.717, 1.165) is 134 Å². The van der Waals surface area contributed by atoms with Crippen LogP contribution in [-0.2, 0) is 14.4 Å². The lowest BCUT2D eigenvalue weighted by Gasteiger charge is -2.16. The van der Waals surface area contributed by atoms with E-state index in [0.29, 0.717) is 56.4 Å². The number of Topliss-reactive ketones (excluding diaryl/α,β-unsaturated/α-hetero) is 3. The highest BCUT2D eigenvalue weighted by Gasteiger charge is 2.39. The van der Waals surface area contributed by atoms with Gasteiger partial charge in [-0.3, -0.25) is 14.4 Å². The van der Waals surface area contributed by atoms with Crippen molar-refractivity contribution >= 4 is 84.2 Å². The minimum atomic E-state index is -0.0912. The molecule has 3 aliphatic carbocycles. The molecule has 526 valence electrons. The second-order valence-electron chi connectivity index (χ2n) is 27.7.